The number of imidazole rings is 1. The van der Waals surface area contributed by atoms with Gasteiger partial charge < -0.3 is 15.6 Å². The molecule has 0 unspecified atom stereocenters. The third-order valence-electron chi connectivity index (χ3n) is 4.05. The average molecular weight is 399 g/mol. The lowest BCUT2D eigenvalue weighted by Crippen LogP contribution is -2.30. The van der Waals surface area contributed by atoms with Crippen LogP contribution in [0.3, 0.4) is 0 Å². The van der Waals surface area contributed by atoms with Crippen LogP contribution >= 0.6 is 11.8 Å². The molecule has 0 fully saturated rings. The Morgan fingerprint density at radius 3 is 2.75 bits per heavy atom. The quantitative estimate of drug-likeness (QED) is 0.631. The lowest BCUT2D eigenvalue weighted by molar-refractivity contribution is 0.248. The van der Waals surface area contributed by atoms with Crippen LogP contribution in [0.15, 0.2) is 58.6 Å². The van der Waals surface area contributed by atoms with E-state index in [4.69, 9.17) is 10.7 Å². The molecule has 2 aromatic heterocycles. The number of urea groups is 1. The number of rotatable bonds is 7. The van der Waals surface area contributed by atoms with Gasteiger partial charge in [0.25, 0.3) is 0 Å². The fraction of sp³-hybridized carbons (Fsp3) is 0.250. The summed E-state index contributed by atoms with van der Waals surface area (Å²) in [5, 5.41) is 3.50. The molecule has 0 bridgehead atoms. The lowest BCUT2D eigenvalue weighted by atomic mass is 10.1. The Kier molecular flexibility index (Phi) is 6.30. The van der Waals surface area contributed by atoms with Gasteiger partial charge in [0.1, 0.15) is 16.7 Å². The van der Waals surface area contributed by atoms with Crippen molar-refractivity contribution < 1.29 is 9.18 Å². The molecule has 3 aromatic rings. The number of carbonyl (C=O) groups excluding carboxylic acids is 1. The summed E-state index contributed by atoms with van der Waals surface area (Å²) in [6, 6.07) is 11.5. The van der Waals surface area contributed by atoms with E-state index in [2.05, 4.69) is 10.3 Å². The van der Waals surface area contributed by atoms with Crippen LogP contribution in [-0.2, 0) is 13.1 Å². The van der Waals surface area contributed by atoms with Crippen molar-refractivity contribution >= 4 is 17.8 Å². The maximum absolute atomic E-state index is 13.7. The zero-order valence-electron chi connectivity index (χ0n) is 15.7. The van der Waals surface area contributed by atoms with Crippen molar-refractivity contribution in [3.05, 3.63) is 71.7 Å². The molecule has 0 spiro atoms. The van der Waals surface area contributed by atoms with E-state index in [1.807, 2.05) is 42.7 Å². The Bertz CT molecular complexity index is 958. The van der Waals surface area contributed by atoms with Crippen LogP contribution in [0.5, 0.6) is 0 Å². The van der Waals surface area contributed by atoms with Gasteiger partial charge in [0.15, 0.2) is 0 Å². The fourth-order valence-electron chi connectivity index (χ4n) is 2.75. The van der Waals surface area contributed by atoms with Crippen molar-refractivity contribution in [2.24, 2.45) is 5.73 Å². The molecule has 0 radical (unpaired) electrons. The molecular formula is C20H22FN5OS. The van der Waals surface area contributed by atoms with Crippen LogP contribution in [0.25, 0.3) is 0 Å². The van der Waals surface area contributed by atoms with Gasteiger partial charge in [-0.25, -0.2) is 14.2 Å². The Hall–Kier alpha value is -2.87. The van der Waals surface area contributed by atoms with Gasteiger partial charge in [0.05, 0.1) is 24.5 Å². The van der Waals surface area contributed by atoms with Crippen molar-refractivity contribution in [1.29, 1.82) is 0 Å². The molecule has 6 nitrogen and oxygen atoms in total. The summed E-state index contributed by atoms with van der Waals surface area (Å²) < 4.78 is 15.7. The minimum absolute atomic E-state index is 0.147. The zero-order valence-corrected chi connectivity index (χ0v) is 16.5. The van der Waals surface area contributed by atoms with Crippen molar-refractivity contribution in [2.75, 3.05) is 0 Å². The maximum atomic E-state index is 13.7. The van der Waals surface area contributed by atoms with Crippen LogP contribution < -0.4 is 11.1 Å². The molecule has 0 saturated carbocycles. The lowest BCUT2D eigenvalue weighted by Gasteiger charge is -2.13. The Morgan fingerprint density at radius 2 is 2.11 bits per heavy atom. The Morgan fingerprint density at radius 1 is 1.29 bits per heavy atom. The van der Waals surface area contributed by atoms with E-state index in [-0.39, 0.29) is 18.3 Å². The van der Waals surface area contributed by atoms with Gasteiger partial charge in [-0.1, -0.05) is 37.7 Å². The van der Waals surface area contributed by atoms with Gasteiger partial charge in [0, 0.05) is 11.1 Å². The van der Waals surface area contributed by atoms with E-state index >= 15 is 0 Å². The summed E-state index contributed by atoms with van der Waals surface area (Å²) in [6.45, 7) is 4.78. The first-order chi connectivity index (χ1) is 13.4. The second kappa shape index (κ2) is 8.88. The third-order valence-corrected chi connectivity index (χ3v) is 5.16. The highest BCUT2D eigenvalue weighted by Gasteiger charge is 2.21. The SMILES string of the molecule is CC(C)c1nc(CNC(N)=O)n(Cc2ccccn2)c1Sc1cccc(F)c1. The van der Waals surface area contributed by atoms with E-state index in [1.54, 1.807) is 12.3 Å². The smallest absolute Gasteiger partial charge is 0.312 e. The maximum Gasteiger partial charge on any atom is 0.312 e. The number of aromatic nitrogens is 3. The fourth-order valence-corrected chi connectivity index (χ4v) is 3.95. The zero-order chi connectivity index (χ0) is 20.1. The number of nitrogens with zero attached hydrogens (tertiary/aromatic N) is 3. The summed E-state index contributed by atoms with van der Waals surface area (Å²) in [5.41, 5.74) is 6.98. The summed E-state index contributed by atoms with van der Waals surface area (Å²) >= 11 is 1.45. The molecule has 0 aliphatic carbocycles. The number of halogens is 1. The van der Waals surface area contributed by atoms with E-state index in [1.165, 1.54) is 23.9 Å². The molecule has 146 valence electrons. The predicted octanol–water partition coefficient (Wildman–Crippen LogP) is 3.91. The Labute approximate surface area is 167 Å². The third kappa shape index (κ3) is 4.89. The molecule has 0 saturated heterocycles. The number of amides is 2. The van der Waals surface area contributed by atoms with E-state index in [0.717, 1.165) is 21.3 Å². The van der Waals surface area contributed by atoms with E-state index in [9.17, 15) is 9.18 Å². The minimum atomic E-state index is -0.613. The number of nitrogens with one attached hydrogen (secondary N) is 1. The van der Waals surface area contributed by atoms with E-state index in [0.29, 0.717) is 12.4 Å². The van der Waals surface area contributed by atoms with Gasteiger partial charge in [-0.3, -0.25) is 4.98 Å². The molecule has 0 aliphatic rings. The van der Waals surface area contributed by atoms with Gasteiger partial charge in [0.2, 0.25) is 0 Å². The first-order valence-electron chi connectivity index (χ1n) is 8.90. The highest BCUT2D eigenvalue weighted by atomic mass is 32.2. The van der Waals surface area contributed by atoms with Gasteiger partial charge in [-0.05, 0) is 36.2 Å². The number of pyridine rings is 1. The topological polar surface area (TPSA) is 85.8 Å². The van der Waals surface area contributed by atoms with Crippen molar-refractivity contribution in [2.45, 2.75) is 42.8 Å². The number of benzene rings is 1. The molecular weight excluding hydrogens is 377 g/mol. The van der Waals surface area contributed by atoms with Gasteiger partial charge in [-0.2, -0.15) is 0 Å². The van der Waals surface area contributed by atoms with Crippen molar-refractivity contribution in [3.63, 3.8) is 0 Å². The standard InChI is InChI=1S/C20H22FN5OS/c1-13(2)18-19(28-16-8-5-6-14(21)10-16)26(12-15-7-3-4-9-23-15)17(25-18)11-24-20(22)27/h3-10,13H,11-12H2,1-2H3,(H3,22,24,27). The molecule has 2 amide bonds. The number of primary amides is 1. The van der Waals surface area contributed by atoms with Crippen LogP contribution in [0.2, 0.25) is 0 Å². The van der Waals surface area contributed by atoms with Gasteiger partial charge in [-0.15, -0.1) is 0 Å². The van der Waals surface area contributed by atoms with Crippen LogP contribution in [0, 0.1) is 5.82 Å². The number of hydrogen-bond donors (Lipinski definition) is 2. The van der Waals surface area contributed by atoms with Crippen molar-refractivity contribution in [1.82, 2.24) is 19.9 Å². The molecule has 3 N–H and O–H groups in total. The first-order valence-corrected chi connectivity index (χ1v) is 9.71. The number of carbonyl (C=O) groups is 1. The number of hydrogen-bond acceptors (Lipinski definition) is 4. The summed E-state index contributed by atoms with van der Waals surface area (Å²) in [5.74, 6) is 0.530. The second-order valence-electron chi connectivity index (χ2n) is 6.56. The highest BCUT2D eigenvalue weighted by Crippen LogP contribution is 2.35. The summed E-state index contributed by atoms with van der Waals surface area (Å²) in [4.78, 5) is 21.1. The molecule has 0 atom stereocenters. The normalized spacial score (nSPS) is 11.0. The average Bonchev–Trinajstić information content (AvgIpc) is 2.98. The molecule has 2 heterocycles. The minimum Gasteiger partial charge on any atom is -0.352 e. The molecule has 28 heavy (non-hydrogen) atoms. The van der Waals surface area contributed by atoms with Crippen LogP contribution in [0.1, 0.15) is 37.0 Å². The van der Waals surface area contributed by atoms with E-state index < -0.39 is 6.03 Å². The molecule has 1 aromatic carbocycles. The summed E-state index contributed by atoms with van der Waals surface area (Å²) in [6.07, 6.45) is 1.73. The predicted molar refractivity (Wildman–Crippen MR) is 107 cm³/mol. The molecule has 3 rings (SSSR count). The molecule has 0 aliphatic heterocycles. The largest absolute Gasteiger partial charge is 0.352 e. The highest BCUT2D eigenvalue weighted by molar-refractivity contribution is 7.99. The Balaban J connectivity index is 2.06. The van der Waals surface area contributed by atoms with Gasteiger partial charge >= 0.3 is 6.03 Å². The second-order valence-corrected chi connectivity index (χ2v) is 7.62. The first kappa shape index (κ1) is 19.9. The monoisotopic (exact) mass is 399 g/mol. The van der Waals surface area contributed by atoms with Crippen LogP contribution in [-0.4, -0.2) is 20.6 Å². The molecule has 8 heteroatoms. The summed E-state index contributed by atoms with van der Waals surface area (Å²) in [7, 11) is 0. The number of nitrogens with two attached hydrogens (primary N) is 1. The van der Waals surface area contributed by atoms with Crippen molar-refractivity contribution in [3.8, 4) is 0 Å². The van der Waals surface area contributed by atoms with Crippen LogP contribution in [0.4, 0.5) is 9.18 Å².